The Morgan fingerprint density at radius 2 is 1.70 bits per heavy atom. The zero-order valence-corrected chi connectivity index (χ0v) is 16.7. The molecule has 0 amide bonds. The first-order chi connectivity index (χ1) is 14.5. The third-order valence-electron chi connectivity index (χ3n) is 5.63. The van der Waals surface area contributed by atoms with E-state index < -0.39 is 5.97 Å². The number of phenols is 1. The molecule has 0 saturated carbocycles. The largest absolute Gasteiger partial charge is 0.507 e. The first-order valence-electron chi connectivity index (χ1n) is 9.68. The van der Waals surface area contributed by atoms with Gasteiger partial charge in [0.25, 0.3) is 0 Å². The molecule has 4 nitrogen and oxygen atoms in total. The average Bonchev–Trinajstić information content (AvgIpc) is 3.13. The molecule has 148 valence electrons. The van der Waals surface area contributed by atoms with Crippen LogP contribution in [0.5, 0.6) is 5.75 Å². The molecule has 5 rings (SSSR count). The lowest BCUT2D eigenvalue weighted by molar-refractivity contribution is 0.0694. The van der Waals surface area contributed by atoms with Gasteiger partial charge in [-0.05, 0) is 59.9 Å². The van der Waals surface area contributed by atoms with Gasteiger partial charge in [-0.3, -0.25) is 0 Å². The van der Waals surface area contributed by atoms with Crippen LogP contribution in [0.25, 0.3) is 28.1 Å². The first-order valence-corrected chi connectivity index (χ1v) is 10.1. The summed E-state index contributed by atoms with van der Waals surface area (Å²) in [7, 11) is 0. The highest BCUT2D eigenvalue weighted by atomic mass is 35.5. The number of carbonyl (C=O) groups is 1. The number of hydrogen-bond acceptors (Lipinski definition) is 2. The Labute approximate surface area is 178 Å². The molecule has 5 heteroatoms. The van der Waals surface area contributed by atoms with E-state index >= 15 is 0 Å². The van der Waals surface area contributed by atoms with Crippen molar-refractivity contribution < 1.29 is 15.0 Å². The number of aryl methyl sites for hydroxylation is 1. The van der Waals surface area contributed by atoms with Crippen LogP contribution < -0.4 is 0 Å². The minimum absolute atomic E-state index is 0.110. The number of rotatable bonds is 3. The summed E-state index contributed by atoms with van der Waals surface area (Å²) in [6.45, 7) is 0. The maximum Gasteiger partial charge on any atom is 0.339 e. The second kappa shape index (κ2) is 7.08. The third kappa shape index (κ3) is 2.97. The number of nitrogens with zero attached hydrogens (tertiary/aromatic N) is 1. The predicted octanol–water partition coefficient (Wildman–Crippen LogP) is 5.97. The molecule has 30 heavy (non-hydrogen) atoms. The van der Waals surface area contributed by atoms with Gasteiger partial charge in [0, 0.05) is 28.0 Å². The fourth-order valence-electron chi connectivity index (χ4n) is 4.27. The molecule has 0 spiro atoms. The maximum absolute atomic E-state index is 11.3. The number of fused-ring (bicyclic) bond motifs is 3. The van der Waals surface area contributed by atoms with Gasteiger partial charge in [0.2, 0.25) is 0 Å². The average molecular weight is 416 g/mol. The van der Waals surface area contributed by atoms with Gasteiger partial charge in [-0.2, -0.15) is 0 Å². The highest BCUT2D eigenvalue weighted by Crippen LogP contribution is 2.41. The highest BCUT2D eigenvalue weighted by molar-refractivity contribution is 6.30. The van der Waals surface area contributed by atoms with Gasteiger partial charge >= 0.3 is 5.97 Å². The smallest absolute Gasteiger partial charge is 0.339 e. The second-order valence-corrected chi connectivity index (χ2v) is 7.84. The molecule has 0 bridgehead atoms. The summed E-state index contributed by atoms with van der Waals surface area (Å²) in [5.74, 6) is -1.40. The van der Waals surface area contributed by atoms with Crippen LogP contribution in [0.2, 0.25) is 5.02 Å². The molecule has 0 aliphatic heterocycles. The number of hydrogen-bond donors (Lipinski definition) is 2. The summed E-state index contributed by atoms with van der Waals surface area (Å²) >= 11 is 6.21. The minimum Gasteiger partial charge on any atom is -0.507 e. The molecule has 0 fully saturated rings. The normalized spacial score (nSPS) is 12.3. The van der Waals surface area contributed by atoms with Crippen molar-refractivity contribution in [3.8, 4) is 33.8 Å². The van der Waals surface area contributed by atoms with Gasteiger partial charge in [0.15, 0.2) is 0 Å². The molecule has 0 radical (unpaired) electrons. The number of aromatic hydroxyl groups is 1. The number of benzene rings is 3. The van der Waals surface area contributed by atoms with Crippen LogP contribution in [0.15, 0.2) is 72.8 Å². The Bertz CT molecular complexity index is 1290. The van der Waals surface area contributed by atoms with Crippen molar-refractivity contribution in [3.63, 3.8) is 0 Å². The van der Waals surface area contributed by atoms with Crippen molar-refractivity contribution in [2.45, 2.75) is 12.8 Å². The summed E-state index contributed by atoms with van der Waals surface area (Å²) < 4.78 is 2.12. The fourth-order valence-corrected chi connectivity index (χ4v) is 4.47. The van der Waals surface area contributed by atoms with Gasteiger partial charge in [-0.15, -0.1) is 0 Å². The third-order valence-corrected chi connectivity index (χ3v) is 5.87. The zero-order chi connectivity index (χ0) is 20.8. The van der Waals surface area contributed by atoms with Crippen LogP contribution in [0.4, 0.5) is 0 Å². The van der Waals surface area contributed by atoms with Crippen LogP contribution >= 0.6 is 11.6 Å². The van der Waals surface area contributed by atoms with Crippen molar-refractivity contribution >= 4 is 17.6 Å². The monoisotopic (exact) mass is 415 g/mol. The highest BCUT2D eigenvalue weighted by Gasteiger charge is 2.25. The Morgan fingerprint density at radius 3 is 2.43 bits per heavy atom. The Balaban J connectivity index is 1.78. The van der Waals surface area contributed by atoms with Crippen molar-refractivity contribution in [1.82, 2.24) is 4.57 Å². The maximum atomic E-state index is 11.3. The molecule has 1 aliphatic rings. The van der Waals surface area contributed by atoms with Crippen LogP contribution in [0.3, 0.4) is 0 Å². The lowest BCUT2D eigenvalue weighted by Crippen LogP contribution is -2.09. The van der Waals surface area contributed by atoms with Gasteiger partial charge in [0.05, 0.1) is 5.69 Å². The summed E-state index contributed by atoms with van der Waals surface area (Å²) in [4.78, 5) is 11.3. The molecule has 2 N–H and O–H groups in total. The Kier molecular flexibility index (Phi) is 4.37. The molecule has 4 aromatic rings. The molecule has 3 aromatic carbocycles. The molecular weight excluding hydrogens is 398 g/mol. The Morgan fingerprint density at radius 1 is 0.900 bits per heavy atom. The molecule has 0 saturated heterocycles. The van der Waals surface area contributed by atoms with E-state index in [1.165, 1.54) is 17.7 Å². The fraction of sp³-hybridized carbons (Fsp3) is 0.0800. The minimum atomic E-state index is -1.15. The van der Waals surface area contributed by atoms with Crippen LogP contribution in [-0.2, 0) is 12.8 Å². The van der Waals surface area contributed by atoms with Gasteiger partial charge < -0.3 is 14.8 Å². The summed E-state index contributed by atoms with van der Waals surface area (Å²) in [5, 5.41) is 20.3. The predicted molar refractivity (Wildman–Crippen MR) is 118 cm³/mol. The van der Waals surface area contributed by atoms with E-state index in [4.69, 9.17) is 11.6 Å². The summed E-state index contributed by atoms with van der Waals surface area (Å²) in [6.07, 6.45) is 1.68. The lowest BCUT2D eigenvalue weighted by atomic mass is 9.89. The Hall–Kier alpha value is -3.50. The number of carboxylic acid groups (broad SMARTS) is 1. The van der Waals surface area contributed by atoms with Gasteiger partial charge in [-0.1, -0.05) is 48.0 Å². The van der Waals surface area contributed by atoms with E-state index in [9.17, 15) is 15.0 Å². The van der Waals surface area contributed by atoms with E-state index in [2.05, 4.69) is 16.7 Å². The van der Waals surface area contributed by atoms with Gasteiger partial charge in [-0.25, -0.2) is 4.79 Å². The number of aromatic carboxylic acids is 1. The molecular formula is C25H18ClNO3. The van der Waals surface area contributed by atoms with E-state index in [-0.39, 0.29) is 11.3 Å². The number of halogens is 1. The van der Waals surface area contributed by atoms with E-state index in [0.717, 1.165) is 51.6 Å². The quantitative estimate of drug-likeness (QED) is 0.433. The topological polar surface area (TPSA) is 62.5 Å². The van der Waals surface area contributed by atoms with Crippen molar-refractivity contribution in [1.29, 1.82) is 0 Å². The second-order valence-electron chi connectivity index (χ2n) is 7.40. The van der Waals surface area contributed by atoms with E-state index in [0.29, 0.717) is 0 Å². The number of aromatic nitrogens is 1. The molecule has 0 unspecified atom stereocenters. The lowest BCUT2D eigenvalue weighted by Gasteiger charge is -2.20. The molecule has 1 heterocycles. The van der Waals surface area contributed by atoms with E-state index in [1.807, 2.05) is 42.5 Å². The van der Waals surface area contributed by atoms with Crippen molar-refractivity contribution in [2.24, 2.45) is 0 Å². The first kappa shape index (κ1) is 18.5. The molecule has 1 aliphatic carbocycles. The standard InChI is InChI=1S/C25H18ClNO3/c26-17-7-9-19-16(12-17)6-11-22-21(19)14-23(15-4-2-1-3-5-15)27(22)18-8-10-20(25(29)30)24(28)13-18/h1-5,7-10,12-14,28H,6,11H2,(H,29,30). The van der Waals surface area contributed by atoms with Crippen LogP contribution in [0, 0.1) is 0 Å². The van der Waals surface area contributed by atoms with Gasteiger partial charge in [0.1, 0.15) is 11.3 Å². The summed E-state index contributed by atoms with van der Waals surface area (Å²) in [6, 6.07) is 22.9. The van der Waals surface area contributed by atoms with Crippen molar-refractivity contribution in [3.05, 3.63) is 94.6 Å². The molecule has 1 aromatic heterocycles. The van der Waals surface area contributed by atoms with E-state index in [1.54, 1.807) is 6.07 Å². The SMILES string of the molecule is O=C(O)c1ccc(-n2c(-c3ccccc3)cc3c2CCc2cc(Cl)ccc2-3)cc1O. The summed E-state index contributed by atoms with van der Waals surface area (Å²) in [5.41, 5.74) is 7.30. The molecule has 0 atom stereocenters. The van der Waals surface area contributed by atoms with Crippen LogP contribution in [-0.4, -0.2) is 20.7 Å². The van der Waals surface area contributed by atoms with Crippen LogP contribution in [0.1, 0.15) is 21.6 Å². The zero-order valence-electron chi connectivity index (χ0n) is 16.0. The number of carboxylic acids is 1. The van der Waals surface area contributed by atoms with Crippen molar-refractivity contribution in [2.75, 3.05) is 0 Å².